The third-order valence-corrected chi connectivity index (χ3v) is 6.82. The van der Waals surface area contributed by atoms with E-state index in [0.29, 0.717) is 22.3 Å². The zero-order valence-electron chi connectivity index (χ0n) is 18.6. The number of hydrogen-bond acceptors (Lipinski definition) is 7. The molecule has 0 radical (unpaired) electrons. The standard InChI is InChI=1S/C25H25FN6O2/c26-16-5-7-18(21(33)12-16)23-22-24(27)28-14-29-25(22)32(30-23)20-3-1-2-15-4-6-17(13-19(15)20)31-8-10-34-11-9-31/h4-7,12-14,20,33H,1-3,8-11H2,(H2,27,28,29). The number of hydrogen-bond donors (Lipinski definition) is 2. The van der Waals surface area contributed by atoms with Crippen LogP contribution in [0.3, 0.4) is 0 Å². The summed E-state index contributed by atoms with van der Waals surface area (Å²) < 4.78 is 21.1. The number of phenolic OH excluding ortho intramolecular Hbond substituents is 1. The number of anilines is 2. The number of nitrogens with zero attached hydrogens (tertiary/aromatic N) is 5. The van der Waals surface area contributed by atoms with Crippen molar-refractivity contribution in [2.45, 2.75) is 25.3 Å². The Balaban J connectivity index is 1.51. The van der Waals surface area contributed by atoms with Crippen molar-refractivity contribution < 1.29 is 14.2 Å². The van der Waals surface area contributed by atoms with Gasteiger partial charge in [-0.05, 0) is 54.7 Å². The molecule has 174 valence electrons. The molecule has 3 heterocycles. The van der Waals surface area contributed by atoms with Gasteiger partial charge in [0.1, 0.15) is 29.4 Å². The SMILES string of the molecule is Nc1ncnc2c1c(-c1ccc(F)cc1O)nn2C1CCCc2ccc(N3CCOCC3)cc21. The average Bonchev–Trinajstić information content (AvgIpc) is 3.24. The quantitative estimate of drug-likeness (QED) is 0.481. The molecule has 2 aromatic carbocycles. The van der Waals surface area contributed by atoms with Gasteiger partial charge in [-0.2, -0.15) is 5.10 Å². The molecule has 34 heavy (non-hydrogen) atoms. The molecule has 6 rings (SSSR count). The van der Waals surface area contributed by atoms with Gasteiger partial charge in [-0.1, -0.05) is 6.07 Å². The topological polar surface area (TPSA) is 102 Å². The molecule has 2 aliphatic rings. The summed E-state index contributed by atoms with van der Waals surface area (Å²) in [6.07, 6.45) is 4.36. The van der Waals surface area contributed by atoms with Crippen LogP contribution < -0.4 is 10.6 Å². The molecule has 0 saturated carbocycles. The minimum Gasteiger partial charge on any atom is -0.507 e. The molecule has 0 spiro atoms. The summed E-state index contributed by atoms with van der Waals surface area (Å²) in [6, 6.07) is 10.5. The van der Waals surface area contributed by atoms with Crippen LogP contribution in [-0.4, -0.2) is 51.2 Å². The molecule has 1 atom stereocenters. The predicted octanol–water partition coefficient (Wildman–Crippen LogP) is 3.68. The number of rotatable bonds is 3. The summed E-state index contributed by atoms with van der Waals surface area (Å²) >= 11 is 0. The van der Waals surface area contributed by atoms with E-state index in [-0.39, 0.29) is 17.6 Å². The first-order valence-electron chi connectivity index (χ1n) is 11.5. The Hall–Kier alpha value is -3.72. The lowest BCUT2D eigenvalue weighted by Gasteiger charge is -2.32. The van der Waals surface area contributed by atoms with Gasteiger partial charge in [0.05, 0.1) is 24.6 Å². The van der Waals surface area contributed by atoms with E-state index >= 15 is 0 Å². The molecule has 1 fully saturated rings. The highest BCUT2D eigenvalue weighted by Crippen LogP contribution is 2.41. The second-order valence-corrected chi connectivity index (χ2v) is 8.80. The van der Waals surface area contributed by atoms with Crippen molar-refractivity contribution in [2.75, 3.05) is 36.9 Å². The smallest absolute Gasteiger partial charge is 0.164 e. The maximum absolute atomic E-state index is 13.7. The molecule has 1 aliphatic carbocycles. The van der Waals surface area contributed by atoms with Gasteiger partial charge in [0.25, 0.3) is 0 Å². The summed E-state index contributed by atoms with van der Waals surface area (Å²) in [7, 11) is 0. The Labute approximate surface area is 195 Å². The molecule has 1 unspecified atom stereocenters. The van der Waals surface area contributed by atoms with E-state index < -0.39 is 5.82 Å². The molecule has 9 heteroatoms. The predicted molar refractivity (Wildman–Crippen MR) is 127 cm³/mol. The molecule has 8 nitrogen and oxygen atoms in total. The van der Waals surface area contributed by atoms with Crippen LogP contribution in [0.5, 0.6) is 5.75 Å². The number of benzene rings is 2. The fourth-order valence-corrected chi connectivity index (χ4v) is 5.14. The van der Waals surface area contributed by atoms with E-state index in [2.05, 4.69) is 33.1 Å². The van der Waals surface area contributed by atoms with Crippen LogP contribution in [0.4, 0.5) is 15.9 Å². The second kappa shape index (κ2) is 8.25. The molecule has 1 aliphatic heterocycles. The minimum absolute atomic E-state index is 0.0436. The second-order valence-electron chi connectivity index (χ2n) is 8.80. The van der Waals surface area contributed by atoms with Crippen molar-refractivity contribution in [1.29, 1.82) is 0 Å². The van der Waals surface area contributed by atoms with Crippen LogP contribution in [0.15, 0.2) is 42.7 Å². The summed E-state index contributed by atoms with van der Waals surface area (Å²) in [5.74, 6) is -0.451. The van der Waals surface area contributed by atoms with Crippen LogP contribution in [0.2, 0.25) is 0 Å². The summed E-state index contributed by atoms with van der Waals surface area (Å²) in [4.78, 5) is 11.0. The third-order valence-electron chi connectivity index (χ3n) is 6.82. The Morgan fingerprint density at radius 1 is 1.09 bits per heavy atom. The van der Waals surface area contributed by atoms with Gasteiger partial charge in [-0.25, -0.2) is 19.0 Å². The first kappa shape index (κ1) is 20.9. The number of aromatic nitrogens is 4. The molecular formula is C25H25FN6O2. The van der Waals surface area contributed by atoms with E-state index in [9.17, 15) is 9.50 Å². The zero-order valence-corrected chi connectivity index (χ0v) is 18.6. The molecular weight excluding hydrogens is 435 g/mol. The van der Waals surface area contributed by atoms with Crippen LogP contribution in [0, 0.1) is 5.82 Å². The van der Waals surface area contributed by atoms with Gasteiger partial charge >= 0.3 is 0 Å². The van der Waals surface area contributed by atoms with Crippen molar-refractivity contribution in [3.63, 3.8) is 0 Å². The number of morpholine rings is 1. The van der Waals surface area contributed by atoms with Crippen molar-refractivity contribution in [3.8, 4) is 17.0 Å². The highest BCUT2D eigenvalue weighted by Gasteiger charge is 2.29. The molecule has 0 bridgehead atoms. The molecule has 1 saturated heterocycles. The Kier molecular flexibility index (Phi) is 5.06. The number of aromatic hydroxyl groups is 1. The first-order valence-corrected chi connectivity index (χ1v) is 11.5. The maximum Gasteiger partial charge on any atom is 0.164 e. The first-order chi connectivity index (χ1) is 16.6. The van der Waals surface area contributed by atoms with Crippen LogP contribution in [0.25, 0.3) is 22.3 Å². The van der Waals surface area contributed by atoms with Gasteiger partial charge in [0.15, 0.2) is 5.65 Å². The fraction of sp³-hybridized carbons (Fsp3) is 0.320. The summed E-state index contributed by atoms with van der Waals surface area (Å²) in [5.41, 5.74) is 11.4. The minimum atomic E-state index is -0.522. The van der Waals surface area contributed by atoms with Gasteiger partial charge in [-0.3, -0.25) is 0 Å². The van der Waals surface area contributed by atoms with Crippen LogP contribution in [-0.2, 0) is 11.2 Å². The van der Waals surface area contributed by atoms with Crippen molar-refractivity contribution in [3.05, 3.63) is 59.7 Å². The normalized spacial score (nSPS) is 18.3. The van der Waals surface area contributed by atoms with E-state index in [1.807, 2.05) is 4.68 Å². The number of nitrogen functional groups attached to an aromatic ring is 1. The molecule has 0 amide bonds. The third kappa shape index (κ3) is 3.43. The van der Waals surface area contributed by atoms with Gasteiger partial charge in [0, 0.05) is 30.4 Å². The van der Waals surface area contributed by atoms with E-state index in [1.54, 1.807) is 0 Å². The van der Waals surface area contributed by atoms with Gasteiger partial charge < -0.3 is 20.5 Å². The monoisotopic (exact) mass is 460 g/mol. The summed E-state index contributed by atoms with van der Waals surface area (Å²) in [5, 5.41) is 15.9. The highest BCUT2D eigenvalue weighted by atomic mass is 19.1. The van der Waals surface area contributed by atoms with Crippen LogP contribution >= 0.6 is 0 Å². The summed E-state index contributed by atoms with van der Waals surface area (Å²) in [6.45, 7) is 3.19. The van der Waals surface area contributed by atoms with E-state index in [4.69, 9.17) is 15.6 Å². The highest BCUT2D eigenvalue weighted by molar-refractivity contribution is 5.99. The van der Waals surface area contributed by atoms with Crippen molar-refractivity contribution in [1.82, 2.24) is 19.7 Å². The lowest BCUT2D eigenvalue weighted by molar-refractivity contribution is 0.122. The van der Waals surface area contributed by atoms with Gasteiger partial charge in [-0.15, -0.1) is 0 Å². The van der Waals surface area contributed by atoms with Crippen molar-refractivity contribution in [2.24, 2.45) is 0 Å². The number of halogens is 1. The molecule has 3 N–H and O–H groups in total. The van der Waals surface area contributed by atoms with Crippen LogP contribution in [0.1, 0.15) is 30.0 Å². The van der Waals surface area contributed by atoms with Gasteiger partial charge in [0.2, 0.25) is 0 Å². The number of nitrogens with two attached hydrogens (primary N) is 1. The Morgan fingerprint density at radius 3 is 2.76 bits per heavy atom. The number of aryl methyl sites for hydroxylation is 1. The largest absolute Gasteiger partial charge is 0.507 e. The van der Waals surface area contributed by atoms with E-state index in [1.165, 1.54) is 35.3 Å². The fourth-order valence-electron chi connectivity index (χ4n) is 5.14. The maximum atomic E-state index is 13.7. The molecule has 4 aromatic rings. The number of phenols is 1. The Bertz CT molecular complexity index is 1380. The number of fused-ring (bicyclic) bond motifs is 2. The lowest BCUT2D eigenvalue weighted by atomic mass is 9.87. The zero-order chi connectivity index (χ0) is 23.2. The Morgan fingerprint density at radius 2 is 1.94 bits per heavy atom. The van der Waals surface area contributed by atoms with Crippen molar-refractivity contribution >= 4 is 22.5 Å². The lowest BCUT2D eigenvalue weighted by Crippen LogP contribution is -2.36. The number of ether oxygens (including phenoxy) is 1. The molecule has 2 aromatic heterocycles. The average molecular weight is 461 g/mol. The van der Waals surface area contributed by atoms with E-state index in [0.717, 1.165) is 51.6 Å².